The number of carbonyl (C=O) groups excluding carboxylic acids is 8. The normalized spacial score (nSPS) is 12.5. The van der Waals surface area contributed by atoms with Gasteiger partial charge in [0, 0.05) is 93.0 Å². The van der Waals surface area contributed by atoms with Crippen molar-refractivity contribution in [2.24, 2.45) is 0 Å². The fourth-order valence-corrected chi connectivity index (χ4v) is 11.3. The fourth-order valence-electron chi connectivity index (χ4n) is 11.3. The molecule has 0 saturated heterocycles. The molecule has 0 atom stereocenters. The molecule has 4 rings (SSSR count). The number of anilines is 1. The molecule has 1 aliphatic carbocycles. The van der Waals surface area contributed by atoms with Gasteiger partial charge < -0.3 is 182 Å². The van der Waals surface area contributed by atoms with Gasteiger partial charge in [-0.25, -0.2) is 9.78 Å². The van der Waals surface area contributed by atoms with Gasteiger partial charge in [0.05, 0.1) is 198 Å². The Morgan fingerprint density at radius 1 is 0.339 bits per heavy atom. The number of nitrogens with one attached hydrogen (secondary N) is 8. The number of aliphatic carboxylic acids is 1. The van der Waals surface area contributed by atoms with Crippen LogP contribution in [0, 0.1) is 0 Å². The first-order valence-corrected chi connectivity index (χ1v) is 38.1. The van der Waals surface area contributed by atoms with Crippen molar-refractivity contribution < 1.29 is 178 Å². The zero-order valence-corrected chi connectivity index (χ0v) is 66.8. The van der Waals surface area contributed by atoms with Gasteiger partial charge in [0.25, 0.3) is 0 Å². The monoisotopic (exact) mass is 1740 g/mol. The predicted molar refractivity (Wildman–Crippen MR) is 416 cm³/mol. The zero-order chi connectivity index (χ0) is 89.9. The van der Waals surface area contributed by atoms with Gasteiger partial charge in [-0.15, -0.1) is 0 Å². The summed E-state index contributed by atoms with van der Waals surface area (Å²) >= 11 is 0. The fraction of sp³-hybridized carbons (Fsp3) is 0.662. The largest absolute Gasteiger partial charge is 0.482 e. The minimum absolute atomic E-state index is 0.0115. The second-order valence-corrected chi connectivity index (χ2v) is 29.3. The third kappa shape index (κ3) is 32.4. The molecule has 47 nitrogen and oxygen atoms in total. The van der Waals surface area contributed by atoms with Crippen LogP contribution in [-0.4, -0.2) is 417 Å². The molecule has 0 aromatic heterocycles. The van der Waals surface area contributed by atoms with E-state index in [0.29, 0.717) is 0 Å². The molecule has 684 valence electrons. The number of aliphatic hydroxyl groups excluding tert-OH is 18. The highest BCUT2D eigenvalue weighted by atomic mass is 16.5. The van der Waals surface area contributed by atoms with Crippen molar-refractivity contribution in [3.8, 4) is 17.2 Å². The summed E-state index contributed by atoms with van der Waals surface area (Å²) in [6.45, 7) is -24.9. The number of amides is 8. The van der Waals surface area contributed by atoms with Crippen LogP contribution in [0.25, 0.3) is 33.3 Å². The maximum absolute atomic E-state index is 15.0. The topological polar surface area (TPSA) is 745 Å². The number of benzene rings is 3. The lowest BCUT2D eigenvalue weighted by Crippen LogP contribution is -2.60. The Hall–Kier alpha value is -8.81. The summed E-state index contributed by atoms with van der Waals surface area (Å²) in [7, 11) is 0. The number of ether oxygens (including phenoxy) is 7. The number of carboxylic acid groups (broad SMARTS) is 1. The van der Waals surface area contributed by atoms with Crippen molar-refractivity contribution in [2.45, 2.75) is 95.7 Å². The number of nitrogens with zero attached hydrogens (tertiary/aromatic N) is 2. The summed E-state index contributed by atoms with van der Waals surface area (Å²) in [5, 5.41) is 207. The number of aliphatic hydroxyl groups is 18. The highest BCUT2D eigenvalue weighted by Gasteiger charge is 2.40. The van der Waals surface area contributed by atoms with E-state index < -0.39 is 372 Å². The van der Waals surface area contributed by atoms with Gasteiger partial charge in [0.1, 0.15) is 61.3 Å². The van der Waals surface area contributed by atoms with E-state index in [1.54, 1.807) is 0 Å². The number of hydrogen-bond donors (Lipinski definition) is 27. The van der Waals surface area contributed by atoms with E-state index in [-0.39, 0.29) is 44.8 Å². The van der Waals surface area contributed by atoms with E-state index in [1.807, 2.05) is 0 Å². The van der Waals surface area contributed by atoms with E-state index in [0.717, 1.165) is 6.07 Å². The number of carbonyl (C=O) groups is 9. The molecule has 121 heavy (non-hydrogen) atoms. The lowest BCUT2D eigenvalue weighted by molar-refractivity contribution is -0.139. The molecule has 1 heterocycles. The second-order valence-electron chi connectivity index (χ2n) is 29.3. The molecule has 2 aromatic rings. The average Bonchev–Trinajstić information content (AvgIpc) is 0.752. The van der Waals surface area contributed by atoms with Gasteiger partial charge in [-0.2, -0.15) is 0 Å². The molecule has 1 aliphatic heterocycles. The number of rotatable bonds is 66. The molecule has 47 heteroatoms. The SMILES string of the molecule is O=C(O)COc1ccc2c(=O)cc3oc4cc(N(CCC(=O)NC(COCCC(=O)NC(CO)(CO)CO)(COCCC(=O)NC(CO)(CO)CO)COCCC(=O)NC(CO)(CO)CO)CCC(=O)NC(COCCC(=O)NC(CO)(CO)CO)(COCCC(=O)NC(CO)(CO)CO)COCCC(=O)NC(CO)(CO)CO)ccc4nc-3c2c1. The van der Waals surface area contributed by atoms with Gasteiger partial charge in [0.2, 0.25) is 47.3 Å². The molecule has 0 saturated carbocycles. The first kappa shape index (κ1) is 105. The molecule has 27 N–H and O–H groups in total. The third-order valence-electron chi connectivity index (χ3n) is 19.1. The highest BCUT2D eigenvalue weighted by molar-refractivity contribution is 5.97. The Bertz CT molecular complexity index is 3500. The molecule has 0 spiro atoms. The standard InChI is InChI=1S/C74H116N10O37/c85-25-67(26-86,27-87)76-59(106)7-15-114-43-73(44-115-16-8-60(107)77-68(28-88,29-89)30-90,45-116-17-9-61(108)78-69(31-91,32-92)33-93)82-57(104)5-13-84(49-1-4-53-55(21-49)121-56-23-54(103)51-3-2-50(120-24-65(112)113)22-52(51)66(56)75-53)14-6-58(105)83-74(46-117-18-10-62(109)79-70(34-94,35-95)36-96,47-118-19-11-63(110)80-71(37-97,38-98)39-99)48-119-20-12-64(111)81-72(40-100,41-101)42-102/h1-4,21-23,85-102H,5-20,24-48H2,(H,76,106)(H,77,107)(H,78,108)(H,79,109)(H,80,110)(H,81,111)(H,82,104)(H,83,105)(H,112,113). The molecule has 8 amide bonds. The van der Waals surface area contributed by atoms with Crippen LogP contribution in [0.2, 0.25) is 0 Å². The van der Waals surface area contributed by atoms with Crippen LogP contribution in [-0.2, 0) is 71.6 Å². The first-order valence-electron chi connectivity index (χ1n) is 38.1. The summed E-state index contributed by atoms with van der Waals surface area (Å²) in [4.78, 5) is 141. The summed E-state index contributed by atoms with van der Waals surface area (Å²) in [6.07, 6.45) is -4.40. The van der Waals surface area contributed by atoms with Crippen molar-refractivity contribution in [3.63, 3.8) is 0 Å². The Morgan fingerprint density at radius 3 is 0.884 bits per heavy atom. The quantitative estimate of drug-likeness (QED) is 0.0111. The lowest BCUT2D eigenvalue weighted by atomic mass is 10.0. The summed E-state index contributed by atoms with van der Waals surface area (Å²) < 4.78 is 47.6. The molecule has 2 aliphatic rings. The van der Waals surface area contributed by atoms with Crippen molar-refractivity contribution >= 4 is 80.8 Å². The highest BCUT2D eigenvalue weighted by Crippen LogP contribution is 2.34. The van der Waals surface area contributed by atoms with Crippen molar-refractivity contribution in [2.75, 3.05) is 223 Å². The van der Waals surface area contributed by atoms with Crippen molar-refractivity contribution in [1.29, 1.82) is 0 Å². The smallest absolute Gasteiger partial charge is 0.341 e. The van der Waals surface area contributed by atoms with Crippen LogP contribution in [0.5, 0.6) is 5.75 Å². The van der Waals surface area contributed by atoms with Crippen molar-refractivity contribution in [3.05, 3.63) is 52.7 Å². The first-order chi connectivity index (χ1) is 57.8. The number of hydrogen-bond acceptors (Lipinski definition) is 38. The minimum atomic E-state index is -1.96. The Morgan fingerprint density at radius 2 is 0.612 bits per heavy atom. The summed E-state index contributed by atoms with van der Waals surface area (Å²) in [6, 6.07) is 9.73. The molecule has 2 aromatic carbocycles. The maximum atomic E-state index is 15.0. The van der Waals surface area contributed by atoms with E-state index in [1.165, 1.54) is 41.3 Å². The Kier molecular flexibility index (Phi) is 44.9. The molecule has 0 bridgehead atoms. The van der Waals surface area contributed by atoms with Gasteiger partial charge in [-0.1, -0.05) is 0 Å². The van der Waals surface area contributed by atoms with E-state index >= 15 is 9.59 Å². The van der Waals surface area contributed by atoms with Crippen LogP contribution in [0.3, 0.4) is 0 Å². The second kappa shape index (κ2) is 52.0. The van der Waals surface area contributed by atoms with Gasteiger partial charge in [0.15, 0.2) is 23.4 Å². The molecular formula is C74H116N10O37. The maximum Gasteiger partial charge on any atom is 0.341 e. The number of fused-ring (bicyclic) bond motifs is 4. The van der Waals surface area contributed by atoms with Crippen LogP contribution in [0.1, 0.15) is 51.4 Å². The molecule has 0 unspecified atom stereocenters. The predicted octanol–water partition coefficient (Wildman–Crippen LogP) is -12.4. The molecular weight excluding hydrogens is 1620 g/mol. The number of aromatic nitrogens is 1. The van der Waals surface area contributed by atoms with E-state index in [9.17, 15) is 135 Å². The summed E-state index contributed by atoms with van der Waals surface area (Å²) in [5.41, 5.74) is -15.3. The van der Waals surface area contributed by atoms with Crippen LogP contribution < -0.4 is 57.6 Å². The van der Waals surface area contributed by atoms with Gasteiger partial charge >= 0.3 is 5.97 Å². The average molecular weight is 1740 g/mol. The number of carboxylic acids is 1. The lowest BCUT2D eigenvalue weighted by Gasteiger charge is -2.35. The van der Waals surface area contributed by atoms with E-state index in [4.69, 9.17) is 42.6 Å². The zero-order valence-electron chi connectivity index (χ0n) is 66.8. The van der Waals surface area contributed by atoms with Gasteiger partial charge in [-0.3, -0.25) is 43.2 Å². The van der Waals surface area contributed by atoms with Gasteiger partial charge in [-0.05, 0) is 30.3 Å². The third-order valence-corrected chi connectivity index (χ3v) is 19.1. The minimum Gasteiger partial charge on any atom is -0.482 e. The van der Waals surface area contributed by atoms with Crippen LogP contribution in [0.4, 0.5) is 5.69 Å². The van der Waals surface area contributed by atoms with Crippen molar-refractivity contribution in [1.82, 2.24) is 47.5 Å². The Balaban J connectivity index is 1.92. The van der Waals surface area contributed by atoms with Crippen LogP contribution in [0.15, 0.2) is 51.7 Å². The van der Waals surface area contributed by atoms with Crippen LogP contribution >= 0.6 is 0 Å². The molecule has 0 fully saturated rings. The van der Waals surface area contributed by atoms with E-state index in [2.05, 4.69) is 42.5 Å². The summed E-state index contributed by atoms with van der Waals surface area (Å²) in [5.74, 6) is -8.25. The molecule has 0 radical (unpaired) electrons. The Labute approximate surface area is 692 Å².